The Morgan fingerprint density at radius 3 is 2.69 bits per heavy atom. The zero-order valence-electron chi connectivity index (χ0n) is 10.6. The van der Waals surface area contributed by atoms with E-state index in [4.69, 9.17) is 5.73 Å². The van der Waals surface area contributed by atoms with Crippen LogP contribution in [0, 0.1) is 0 Å². The van der Waals surface area contributed by atoms with Crippen LogP contribution in [0.25, 0.3) is 0 Å². The molecule has 0 atom stereocenters. The van der Waals surface area contributed by atoms with Gasteiger partial charge in [-0.3, -0.25) is 4.98 Å². The van der Waals surface area contributed by atoms with Crippen molar-refractivity contribution in [3.63, 3.8) is 0 Å². The van der Waals surface area contributed by atoms with E-state index in [9.17, 15) is 0 Å². The first kappa shape index (κ1) is 13.0. The van der Waals surface area contributed by atoms with Gasteiger partial charge in [0.1, 0.15) is 0 Å². The minimum absolute atomic E-state index is 0.216. The van der Waals surface area contributed by atoms with Crippen LogP contribution in [0.2, 0.25) is 0 Å². The highest BCUT2D eigenvalue weighted by Gasteiger charge is 2.07. The predicted octanol–water partition coefficient (Wildman–Crippen LogP) is 2.37. The lowest BCUT2D eigenvalue weighted by Gasteiger charge is -2.20. The second-order valence-corrected chi connectivity index (χ2v) is 5.21. The first-order valence-corrected chi connectivity index (χ1v) is 5.92. The van der Waals surface area contributed by atoms with Crippen molar-refractivity contribution in [2.24, 2.45) is 0 Å². The smallest absolute Gasteiger partial charge is 0.0377 e. The molecule has 0 saturated heterocycles. The first-order valence-electron chi connectivity index (χ1n) is 5.92. The quantitative estimate of drug-likeness (QED) is 0.751. The van der Waals surface area contributed by atoms with Gasteiger partial charge in [0.2, 0.25) is 0 Å². The summed E-state index contributed by atoms with van der Waals surface area (Å²) in [6.07, 6.45) is 6.95. The second kappa shape index (κ2) is 5.85. The minimum atomic E-state index is 0.216. The van der Waals surface area contributed by atoms with E-state index in [0.29, 0.717) is 0 Å². The monoisotopic (exact) mass is 221 g/mol. The fourth-order valence-corrected chi connectivity index (χ4v) is 1.55. The van der Waals surface area contributed by atoms with Crippen molar-refractivity contribution in [2.75, 3.05) is 12.3 Å². The normalized spacial score (nSPS) is 11.7. The summed E-state index contributed by atoms with van der Waals surface area (Å²) in [7, 11) is 0. The third kappa shape index (κ3) is 5.12. The van der Waals surface area contributed by atoms with Crippen molar-refractivity contribution in [1.82, 2.24) is 10.3 Å². The number of unbranched alkanes of at least 4 members (excludes halogenated alkanes) is 1. The molecule has 0 spiro atoms. The van der Waals surface area contributed by atoms with E-state index in [-0.39, 0.29) is 5.54 Å². The van der Waals surface area contributed by atoms with Crippen LogP contribution in [-0.2, 0) is 6.42 Å². The molecule has 0 unspecified atom stereocenters. The highest BCUT2D eigenvalue weighted by atomic mass is 14.9. The van der Waals surface area contributed by atoms with Gasteiger partial charge in [-0.15, -0.1) is 0 Å². The number of pyridine rings is 1. The molecule has 1 aromatic rings. The molecule has 0 aliphatic heterocycles. The fourth-order valence-electron chi connectivity index (χ4n) is 1.55. The van der Waals surface area contributed by atoms with Gasteiger partial charge in [-0.2, -0.15) is 0 Å². The lowest BCUT2D eigenvalue weighted by atomic mass is 10.1. The molecule has 90 valence electrons. The molecular formula is C13H23N3. The highest BCUT2D eigenvalue weighted by molar-refractivity contribution is 5.44. The van der Waals surface area contributed by atoms with Gasteiger partial charge in [0.25, 0.3) is 0 Å². The summed E-state index contributed by atoms with van der Waals surface area (Å²) in [6.45, 7) is 7.62. The molecule has 0 fully saturated rings. The van der Waals surface area contributed by atoms with Gasteiger partial charge in [0.15, 0.2) is 0 Å². The van der Waals surface area contributed by atoms with Gasteiger partial charge in [-0.1, -0.05) is 0 Å². The van der Waals surface area contributed by atoms with Crippen LogP contribution in [0.4, 0.5) is 5.69 Å². The summed E-state index contributed by atoms with van der Waals surface area (Å²) in [5.41, 5.74) is 8.09. The van der Waals surface area contributed by atoms with Crippen molar-refractivity contribution in [1.29, 1.82) is 0 Å². The fraction of sp³-hybridized carbons (Fsp3) is 0.615. The molecule has 1 aromatic heterocycles. The molecule has 16 heavy (non-hydrogen) atoms. The Balaban J connectivity index is 2.19. The molecule has 3 heteroatoms. The van der Waals surface area contributed by atoms with E-state index in [1.165, 1.54) is 12.0 Å². The standard InChI is InChI=1S/C13H23N3/c1-13(2,3)16-8-5-4-6-11-10-15-9-7-12(11)14/h7,9-10,16H,4-6,8H2,1-3H3,(H2,14,15). The van der Waals surface area contributed by atoms with Crippen molar-refractivity contribution in [3.8, 4) is 0 Å². The SMILES string of the molecule is CC(C)(C)NCCCCc1cnccc1N. The zero-order valence-corrected chi connectivity index (χ0v) is 10.6. The van der Waals surface area contributed by atoms with Gasteiger partial charge in [0.05, 0.1) is 0 Å². The number of nitrogens with zero attached hydrogens (tertiary/aromatic N) is 1. The van der Waals surface area contributed by atoms with Crippen molar-refractivity contribution < 1.29 is 0 Å². The van der Waals surface area contributed by atoms with E-state index in [1.807, 2.05) is 12.3 Å². The summed E-state index contributed by atoms with van der Waals surface area (Å²) >= 11 is 0. The van der Waals surface area contributed by atoms with Gasteiger partial charge in [-0.05, 0) is 58.2 Å². The first-order chi connectivity index (χ1) is 7.49. The summed E-state index contributed by atoms with van der Waals surface area (Å²) in [6, 6.07) is 1.86. The third-order valence-corrected chi connectivity index (χ3v) is 2.47. The molecular weight excluding hydrogens is 198 g/mol. The number of nitrogens with two attached hydrogens (primary N) is 1. The van der Waals surface area contributed by atoms with Gasteiger partial charge >= 0.3 is 0 Å². The van der Waals surface area contributed by atoms with E-state index >= 15 is 0 Å². The maximum Gasteiger partial charge on any atom is 0.0377 e. The number of hydrogen-bond donors (Lipinski definition) is 2. The number of nitrogen functional groups attached to an aromatic ring is 1. The maximum atomic E-state index is 5.85. The van der Waals surface area contributed by atoms with E-state index in [1.54, 1.807) is 6.20 Å². The lowest BCUT2D eigenvalue weighted by molar-refractivity contribution is 0.419. The van der Waals surface area contributed by atoms with Crippen LogP contribution in [-0.4, -0.2) is 17.1 Å². The number of aromatic nitrogens is 1. The average Bonchev–Trinajstić information content (AvgIpc) is 2.18. The van der Waals surface area contributed by atoms with Gasteiger partial charge in [-0.25, -0.2) is 0 Å². The Hall–Kier alpha value is -1.09. The van der Waals surface area contributed by atoms with Crippen LogP contribution in [0.5, 0.6) is 0 Å². The Bertz CT molecular complexity index is 315. The largest absolute Gasteiger partial charge is 0.398 e. The third-order valence-electron chi connectivity index (χ3n) is 2.47. The van der Waals surface area contributed by atoms with Crippen LogP contribution in [0.1, 0.15) is 39.2 Å². The van der Waals surface area contributed by atoms with Crippen LogP contribution >= 0.6 is 0 Å². The predicted molar refractivity (Wildman–Crippen MR) is 69.3 cm³/mol. The molecule has 0 saturated carbocycles. The van der Waals surface area contributed by atoms with Crippen LogP contribution in [0.3, 0.4) is 0 Å². The van der Waals surface area contributed by atoms with Crippen LogP contribution in [0.15, 0.2) is 18.5 Å². The summed E-state index contributed by atoms with van der Waals surface area (Å²) in [5, 5.41) is 3.48. The molecule has 0 aliphatic rings. The Morgan fingerprint density at radius 2 is 2.06 bits per heavy atom. The number of aryl methyl sites for hydroxylation is 1. The second-order valence-electron chi connectivity index (χ2n) is 5.21. The van der Waals surface area contributed by atoms with Crippen molar-refractivity contribution in [3.05, 3.63) is 24.0 Å². The summed E-state index contributed by atoms with van der Waals surface area (Å²) in [5.74, 6) is 0. The Morgan fingerprint density at radius 1 is 1.31 bits per heavy atom. The number of nitrogens with one attached hydrogen (secondary N) is 1. The maximum absolute atomic E-state index is 5.85. The molecule has 0 aromatic carbocycles. The molecule has 0 amide bonds. The minimum Gasteiger partial charge on any atom is -0.398 e. The Labute approximate surface area is 98.5 Å². The number of anilines is 1. The molecule has 3 nitrogen and oxygen atoms in total. The molecule has 0 bridgehead atoms. The molecule has 0 radical (unpaired) electrons. The molecule has 1 rings (SSSR count). The average molecular weight is 221 g/mol. The molecule has 1 heterocycles. The van der Waals surface area contributed by atoms with Gasteiger partial charge in [0, 0.05) is 23.6 Å². The van der Waals surface area contributed by atoms with Crippen molar-refractivity contribution in [2.45, 2.75) is 45.6 Å². The highest BCUT2D eigenvalue weighted by Crippen LogP contribution is 2.11. The molecule has 3 N–H and O–H groups in total. The van der Waals surface area contributed by atoms with E-state index < -0.39 is 0 Å². The van der Waals surface area contributed by atoms with Crippen molar-refractivity contribution >= 4 is 5.69 Å². The lowest BCUT2D eigenvalue weighted by Crippen LogP contribution is -2.36. The van der Waals surface area contributed by atoms with E-state index in [2.05, 4.69) is 31.1 Å². The zero-order chi connectivity index (χ0) is 12.0. The topological polar surface area (TPSA) is 50.9 Å². The number of rotatable bonds is 5. The van der Waals surface area contributed by atoms with E-state index in [0.717, 1.165) is 25.1 Å². The summed E-state index contributed by atoms with van der Waals surface area (Å²) < 4.78 is 0. The number of hydrogen-bond acceptors (Lipinski definition) is 3. The van der Waals surface area contributed by atoms with Crippen LogP contribution < -0.4 is 11.1 Å². The van der Waals surface area contributed by atoms with Gasteiger partial charge < -0.3 is 11.1 Å². The molecule has 0 aliphatic carbocycles. The summed E-state index contributed by atoms with van der Waals surface area (Å²) in [4.78, 5) is 4.09. The Kier molecular flexibility index (Phi) is 4.74.